The van der Waals surface area contributed by atoms with E-state index in [4.69, 9.17) is 4.74 Å². The molecule has 0 bridgehead atoms. The van der Waals surface area contributed by atoms with Crippen LogP contribution in [-0.2, 0) is 0 Å². The standard InChI is InChI=1S/C15H22O2/c1-10-4-7-14(11(2)8-16)15(12(10)3)17-9-13-5-6-13/h4,7,11,13,16H,5-6,8-9H2,1-3H3. The minimum absolute atomic E-state index is 0.142. The number of aliphatic hydroxyl groups is 1. The van der Waals surface area contributed by atoms with Crippen molar-refractivity contribution in [3.8, 4) is 5.75 Å². The zero-order valence-electron chi connectivity index (χ0n) is 11.0. The number of aliphatic hydroxyl groups excluding tert-OH is 1. The highest BCUT2D eigenvalue weighted by Gasteiger charge is 2.23. The highest BCUT2D eigenvalue weighted by Crippen LogP contribution is 2.35. The van der Waals surface area contributed by atoms with Crippen LogP contribution in [0.1, 0.15) is 42.4 Å². The van der Waals surface area contributed by atoms with E-state index in [-0.39, 0.29) is 12.5 Å². The molecule has 0 radical (unpaired) electrons. The first-order valence-corrected chi connectivity index (χ1v) is 6.47. The summed E-state index contributed by atoms with van der Waals surface area (Å²) >= 11 is 0. The van der Waals surface area contributed by atoms with Crippen LogP contribution in [0.5, 0.6) is 5.75 Å². The van der Waals surface area contributed by atoms with Crippen LogP contribution in [0.15, 0.2) is 12.1 Å². The van der Waals surface area contributed by atoms with Gasteiger partial charge in [-0.15, -0.1) is 0 Å². The van der Waals surface area contributed by atoms with Crippen LogP contribution < -0.4 is 4.74 Å². The van der Waals surface area contributed by atoms with Crippen LogP contribution in [0.2, 0.25) is 0 Å². The fraction of sp³-hybridized carbons (Fsp3) is 0.600. The first-order valence-electron chi connectivity index (χ1n) is 6.47. The molecule has 0 spiro atoms. The van der Waals surface area contributed by atoms with Crippen molar-refractivity contribution in [3.63, 3.8) is 0 Å². The Morgan fingerprint density at radius 1 is 1.35 bits per heavy atom. The number of aryl methyl sites for hydroxylation is 1. The van der Waals surface area contributed by atoms with Crippen molar-refractivity contribution in [3.05, 3.63) is 28.8 Å². The van der Waals surface area contributed by atoms with Crippen molar-refractivity contribution in [1.29, 1.82) is 0 Å². The molecule has 94 valence electrons. The van der Waals surface area contributed by atoms with Crippen LogP contribution >= 0.6 is 0 Å². The quantitative estimate of drug-likeness (QED) is 0.847. The molecule has 0 aliphatic heterocycles. The fourth-order valence-corrected chi connectivity index (χ4v) is 1.97. The van der Waals surface area contributed by atoms with E-state index in [1.807, 2.05) is 6.92 Å². The second kappa shape index (κ2) is 5.09. The monoisotopic (exact) mass is 234 g/mol. The van der Waals surface area contributed by atoms with Gasteiger partial charge in [-0.3, -0.25) is 0 Å². The van der Waals surface area contributed by atoms with E-state index in [1.165, 1.54) is 24.0 Å². The number of benzene rings is 1. The number of hydrogen-bond donors (Lipinski definition) is 1. The molecule has 1 aliphatic rings. The molecule has 2 rings (SSSR count). The Kier molecular flexibility index (Phi) is 3.72. The second-order valence-electron chi connectivity index (χ2n) is 5.26. The molecule has 0 saturated heterocycles. The van der Waals surface area contributed by atoms with Crippen LogP contribution in [0, 0.1) is 19.8 Å². The van der Waals surface area contributed by atoms with Gasteiger partial charge in [0.25, 0.3) is 0 Å². The molecule has 17 heavy (non-hydrogen) atoms. The third-order valence-electron chi connectivity index (χ3n) is 3.67. The summed E-state index contributed by atoms with van der Waals surface area (Å²) in [6, 6.07) is 4.20. The lowest BCUT2D eigenvalue weighted by Crippen LogP contribution is -2.08. The van der Waals surface area contributed by atoms with Gasteiger partial charge in [0.15, 0.2) is 0 Å². The van der Waals surface area contributed by atoms with E-state index in [0.717, 1.165) is 23.8 Å². The molecule has 1 N–H and O–H groups in total. The predicted octanol–water partition coefficient (Wildman–Crippen LogP) is 3.19. The van der Waals surface area contributed by atoms with Crippen molar-refractivity contribution >= 4 is 0 Å². The summed E-state index contributed by atoms with van der Waals surface area (Å²) in [6.07, 6.45) is 2.60. The first kappa shape index (κ1) is 12.4. The van der Waals surface area contributed by atoms with E-state index in [9.17, 15) is 5.11 Å². The lowest BCUT2D eigenvalue weighted by atomic mass is 9.96. The molecular formula is C15H22O2. The van der Waals surface area contributed by atoms with Crippen molar-refractivity contribution < 1.29 is 9.84 Å². The van der Waals surface area contributed by atoms with Gasteiger partial charge in [-0.1, -0.05) is 19.1 Å². The Morgan fingerprint density at radius 2 is 2.06 bits per heavy atom. The van der Waals surface area contributed by atoms with Gasteiger partial charge in [0, 0.05) is 12.5 Å². The Balaban J connectivity index is 2.25. The Morgan fingerprint density at radius 3 is 2.65 bits per heavy atom. The molecule has 1 aromatic carbocycles. The van der Waals surface area contributed by atoms with Gasteiger partial charge >= 0.3 is 0 Å². The zero-order valence-corrected chi connectivity index (χ0v) is 11.0. The predicted molar refractivity (Wildman–Crippen MR) is 69.6 cm³/mol. The Labute approximate surface area is 104 Å². The number of ether oxygens (including phenoxy) is 1. The zero-order chi connectivity index (χ0) is 12.4. The topological polar surface area (TPSA) is 29.5 Å². The third-order valence-corrected chi connectivity index (χ3v) is 3.67. The fourth-order valence-electron chi connectivity index (χ4n) is 1.97. The maximum absolute atomic E-state index is 9.31. The minimum atomic E-state index is 0.142. The smallest absolute Gasteiger partial charge is 0.126 e. The number of hydrogen-bond acceptors (Lipinski definition) is 2. The molecule has 1 fully saturated rings. The van der Waals surface area contributed by atoms with Crippen LogP contribution in [0.3, 0.4) is 0 Å². The maximum atomic E-state index is 9.31. The van der Waals surface area contributed by atoms with Crippen molar-refractivity contribution in [2.45, 2.75) is 39.5 Å². The average Bonchev–Trinajstić information content (AvgIpc) is 3.14. The summed E-state index contributed by atoms with van der Waals surface area (Å²) in [5, 5.41) is 9.31. The van der Waals surface area contributed by atoms with E-state index in [1.54, 1.807) is 0 Å². The molecule has 2 nitrogen and oxygen atoms in total. The molecule has 0 heterocycles. The SMILES string of the molecule is Cc1ccc(C(C)CO)c(OCC2CC2)c1C. The summed E-state index contributed by atoms with van der Waals surface area (Å²) < 4.78 is 5.98. The molecule has 2 heteroatoms. The van der Waals surface area contributed by atoms with Gasteiger partial charge in [0.1, 0.15) is 5.75 Å². The largest absolute Gasteiger partial charge is 0.493 e. The molecule has 1 aromatic rings. The molecule has 1 atom stereocenters. The van der Waals surface area contributed by atoms with Crippen molar-refractivity contribution in [1.82, 2.24) is 0 Å². The lowest BCUT2D eigenvalue weighted by molar-refractivity contribution is 0.260. The van der Waals surface area contributed by atoms with Crippen LogP contribution in [-0.4, -0.2) is 18.3 Å². The molecule has 0 aromatic heterocycles. The van der Waals surface area contributed by atoms with Gasteiger partial charge in [-0.2, -0.15) is 0 Å². The normalized spacial score (nSPS) is 16.9. The minimum Gasteiger partial charge on any atom is -0.493 e. The van der Waals surface area contributed by atoms with Crippen LogP contribution in [0.4, 0.5) is 0 Å². The van der Waals surface area contributed by atoms with E-state index in [0.29, 0.717) is 0 Å². The summed E-state index contributed by atoms with van der Waals surface area (Å²) in [5.41, 5.74) is 3.60. The summed E-state index contributed by atoms with van der Waals surface area (Å²) in [5.74, 6) is 1.90. The molecule has 1 saturated carbocycles. The van der Waals surface area contributed by atoms with E-state index >= 15 is 0 Å². The van der Waals surface area contributed by atoms with E-state index < -0.39 is 0 Å². The Bertz CT molecular complexity index is 394. The molecule has 1 aliphatic carbocycles. The summed E-state index contributed by atoms with van der Waals surface area (Å²) in [7, 11) is 0. The van der Waals surface area contributed by atoms with Gasteiger partial charge in [0.05, 0.1) is 6.61 Å². The van der Waals surface area contributed by atoms with Crippen molar-refractivity contribution in [2.75, 3.05) is 13.2 Å². The Hall–Kier alpha value is -1.02. The molecular weight excluding hydrogens is 212 g/mol. The third kappa shape index (κ3) is 2.81. The first-order chi connectivity index (χ1) is 8.13. The highest BCUT2D eigenvalue weighted by atomic mass is 16.5. The lowest BCUT2D eigenvalue weighted by Gasteiger charge is -2.19. The van der Waals surface area contributed by atoms with Crippen molar-refractivity contribution in [2.24, 2.45) is 5.92 Å². The number of rotatable bonds is 5. The maximum Gasteiger partial charge on any atom is 0.126 e. The second-order valence-corrected chi connectivity index (χ2v) is 5.26. The summed E-state index contributed by atoms with van der Waals surface area (Å²) in [6.45, 7) is 7.24. The highest BCUT2D eigenvalue weighted by molar-refractivity contribution is 5.47. The van der Waals surface area contributed by atoms with E-state index in [2.05, 4.69) is 26.0 Å². The molecule has 0 amide bonds. The van der Waals surface area contributed by atoms with Gasteiger partial charge in [0.2, 0.25) is 0 Å². The van der Waals surface area contributed by atoms with Gasteiger partial charge in [-0.25, -0.2) is 0 Å². The van der Waals surface area contributed by atoms with Gasteiger partial charge < -0.3 is 9.84 Å². The van der Waals surface area contributed by atoms with Crippen LogP contribution in [0.25, 0.3) is 0 Å². The van der Waals surface area contributed by atoms with Gasteiger partial charge in [-0.05, 0) is 49.3 Å². The summed E-state index contributed by atoms with van der Waals surface area (Å²) in [4.78, 5) is 0. The molecule has 1 unspecified atom stereocenters. The average molecular weight is 234 g/mol.